The van der Waals surface area contributed by atoms with Gasteiger partial charge in [0.2, 0.25) is 10.0 Å². The summed E-state index contributed by atoms with van der Waals surface area (Å²) >= 11 is 0. The third-order valence-corrected chi connectivity index (χ3v) is 8.25. The molecule has 0 amide bonds. The molecule has 2 rings (SSSR count). The Hall–Kier alpha value is -2.43. The van der Waals surface area contributed by atoms with E-state index in [1.165, 1.54) is 22.7 Å². The van der Waals surface area contributed by atoms with Gasteiger partial charge in [-0.05, 0) is 46.7 Å². The first kappa shape index (κ1) is 31.6. The van der Waals surface area contributed by atoms with Gasteiger partial charge in [-0.1, -0.05) is 77.0 Å². The van der Waals surface area contributed by atoms with E-state index in [-0.39, 0.29) is 29.3 Å². The molecule has 0 bridgehead atoms. The number of azide groups is 1. The SMILES string of the molecule is CC(C)(C)c1ccc(S(C)(=O)=O)cc1.CC(C)CN(CC(O)[C@H](C)N=[N+]=[N-])S(=O)(=O)c1ccccc1. The molecule has 0 fully saturated rings. The first-order valence-corrected chi connectivity index (χ1v) is 14.9. The minimum Gasteiger partial charge on any atom is -0.391 e. The molecule has 2 aromatic carbocycles. The van der Waals surface area contributed by atoms with Crippen molar-refractivity contribution < 1.29 is 21.9 Å². The summed E-state index contributed by atoms with van der Waals surface area (Å²) in [5, 5.41) is 13.5. The first-order valence-electron chi connectivity index (χ1n) is 11.6. The highest BCUT2D eigenvalue weighted by Gasteiger charge is 2.28. The Balaban J connectivity index is 0.000000397. The van der Waals surface area contributed by atoms with Crippen molar-refractivity contribution in [1.82, 2.24) is 4.31 Å². The minimum atomic E-state index is -3.70. The van der Waals surface area contributed by atoms with Crippen molar-refractivity contribution in [2.24, 2.45) is 11.0 Å². The molecule has 11 heteroatoms. The van der Waals surface area contributed by atoms with E-state index in [9.17, 15) is 21.9 Å². The molecule has 0 aliphatic rings. The summed E-state index contributed by atoms with van der Waals surface area (Å²) in [6, 6.07) is 14.4. The Bertz CT molecular complexity index is 1220. The summed E-state index contributed by atoms with van der Waals surface area (Å²) in [5.41, 5.74) is 9.63. The van der Waals surface area contributed by atoms with Gasteiger partial charge in [-0.25, -0.2) is 16.8 Å². The number of hydrogen-bond acceptors (Lipinski definition) is 6. The van der Waals surface area contributed by atoms with Gasteiger partial charge in [0, 0.05) is 24.3 Å². The normalized spacial score (nSPS) is 13.9. The summed E-state index contributed by atoms with van der Waals surface area (Å²) < 4.78 is 49.0. The van der Waals surface area contributed by atoms with Crippen LogP contribution in [0.1, 0.15) is 47.1 Å². The molecule has 0 aliphatic heterocycles. The van der Waals surface area contributed by atoms with Crippen LogP contribution >= 0.6 is 0 Å². The second-order valence-electron chi connectivity index (χ2n) is 10.1. The number of sulfonamides is 1. The third-order valence-electron chi connectivity index (χ3n) is 5.28. The van der Waals surface area contributed by atoms with Crippen LogP contribution in [0.2, 0.25) is 0 Å². The quantitative estimate of drug-likeness (QED) is 0.278. The Labute approximate surface area is 215 Å². The summed E-state index contributed by atoms with van der Waals surface area (Å²) in [7, 11) is -6.77. The maximum atomic E-state index is 12.7. The van der Waals surface area contributed by atoms with Crippen LogP contribution in [0, 0.1) is 5.92 Å². The molecule has 0 aromatic heterocycles. The number of aliphatic hydroxyl groups is 1. The molecule has 0 aliphatic carbocycles. The smallest absolute Gasteiger partial charge is 0.243 e. The molecule has 0 heterocycles. The summed E-state index contributed by atoms with van der Waals surface area (Å²) in [5.74, 6) is 0.0976. The van der Waals surface area contributed by atoms with Crippen LogP contribution in [-0.4, -0.2) is 57.7 Å². The van der Waals surface area contributed by atoms with Gasteiger partial charge in [-0.2, -0.15) is 4.31 Å². The Morgan fingerprint density at radius 2 is 1.44 bits per heavy atom. The van der Waals surface area contributed by atoms with Gasteiger partial charge in [-0.15, -0.1) is 0 Å². The number of benzene rings is 2. The van der Waals surface area contributed by atoms with Crippen LogP contribution in [-0.2, 0) is 25.3 Å². The van der Waals surface area contributed by atoms with Gasteiger partial charge in [0.1, 0.15) is 0 Å². The van der Waals surface area contributed by atoms with Gasteiger partial charge in [0.15, 0.2) is 9.84 Å². The zero-order valence-corrected chi connectivity index (χ0v) is 23.7. The fourth-order valence-electron chi connectivity index (χ4n) is 3.14. The van der Waals surface area contributed by atoms with Crippen LogP contribution in [0.25, 0.3) is 10.4 Å². The minimum absolute atomic E-state index is 0.0655. The lowest BCUT2D eigenvalue weighted by Crippen LogP contribution is -2.42. The highest BCUT2D eigenvalue weighted by atomic mass is 32.2. The molecule has 0 saturated carbocycles. The molecular formula is C25H38N4O5S2. The molecule has 36 heavy (non-hydrogen) atoms. The summed E-state index contributed by atoms with van der Waals surface area (Å²) in [6.45, 7) is 11.8. The molecule has 1 unspecified atom stereocenters. The Morgan fingerprint density at radius 3 is 1.86 bits per heavy atom. The zero-order valence-electron chi connectivity index (χ0n) is 22.0. The van der Waals surface area contributed by atoms with Crippen LogP contribution < -0.4 is 0 Å². The number of sulfone groups is 1. The molecule has 2 atom stereocenters. The number of nitrogens with zero attached hydrogens (tertiary/aromatic N) is 4. The standard InChI is InChI=1S/C14H22N4O3S.C11H16O2S/c1-11(2)9-18(10-14(19)12(3)16-17-15)22(20,21)13-7-5-4-6-8-13;1-11(2,3)9-5-7-10(8-6-9)14(4,12)13/h4-8,11-12,14,19H,9-10H2,1-3H3;5-8H,1-4H3/t12-,14?;/m0./s1. The largest absolute Gasteiger partial charge is 0.391 e. The summed E-state index contributed by atoms with van der Waals surface area (Å²) in [4.78, 5) is 3.20. The molecule has 2 aromatic rings. The van der Waals surface area contributed by atoms with Gasteiger partial charge >= 0.3 is 0 Å². The van der Waals surface area contributed by atoms with Crippen LogP contribution in [0.4, 0.5) is 0 Å². The second kappa shape index (κ2) is 13.2. The molecule has 9 nitrogen and oxygen atoms in total. The van der Waals surface area contributed by atoms with Gasteiger partial charge in [0.05, 0.1) is 21.9 Å². The Morgan fingerprint density at radius 1 is 0.917 bits per heavy atom. The van der Waals surface area contributed by atoms with E-state index in [0.29, 0.717) is 4.90 Å². The van der Waals surface area contributed by atoms with E-state index in [1.807, 2.05) is 26.0 Å². The van der Waals surface area contributed by atoms with Crippen molar-refractivity contribution in [2.45, 2.75) is 68.9 Å². The van der Waals surface area contributed by atoms with Crippen molar-refractivity contribution >= 4 is 19.9 Å². The topological polar surface area (TPSA) is 141 Å². The van der Waals surface area contributed by atoms with Gasteiger partial charge in [0.25, 0.3) is 0 Å². The number of rotatable bonds is 9. The van der Waals surface area contributed by atoms with Crippen molar-refractivity contribution in [1.29, 1.82) is 0 Å². The van der Waals surface area contributed by atoms with E-state index in [2.05, 4.69) is 30.8 Å². The van der Waals surface area contributed by atoms with Gasteiger partial charge < -0.3 is 5.11 Å². The van der Waals surface area contributed by atoms with E-state index >= 15 is 0 Å². The van der Waals surface area contributed by atoms with E-state index in [4.69, 9.17) is 5.53 Å². The molecule has 1 N–H and O–H groups in total. The molecule has 0 saturated heterocycles. The zero-order chi connectivity index (χ0) is 27.7. The predicted molar refractivity (Wildman–Crippen MR) is 143 cm³/mol. The average Bonchev–Trinajstić information content (AvgIpc) is 2.78. The molecular weight excluding hydrogens is 500 g/mol. The lowest BCUT2D eigenvalue weighted by Gasteiger charge is -2.27. The predicted octanol–water partition coefficient (Wildman–Crippen LogP) is 4.78. The lowest BCUT2D eigenvalue weighted by atomic mass is 9.87. The van der Waals surface area contributed by atoms with Crippen molar-refractivity contribution in [3.63, 3.8) is 0 Å². The highest BCUT2D eigenvalue weighted by Crippen LogP contribution is 2.23. The highest BCUT2D eigenvalue weighted by molar-refractivity contribution is 7.90. The number of hydrogen-bond donors (Lipinski definition) is 1. The average molecular weight is 539 g/mol. The van der Waals surface area contributed by atoms with Crippen molar-refractivity contribution in [2.75, 3.05) is 19.3 Å². The fourth-order valence-corrected chi connectivity index (χ4v) is 5.41. The monoisotopic (exact) mass is 538 g/mol. The van der Waals surface area contributed by atoms with Crippen LogP contribution in [0.15, 0.2) is 69.5 Å². The van der Waals surface area contributed by atoms with Crippen molar-refractivity contribution in [3.05, 3.63) is 70.6 Å². The number of aliphatic hydroxyl groups excluding tert-OH is 1. The molecule has 0 radical (unpaired) electrons. The Kier molecular flexibility index (Phi) is 11.6. The van der Waals surface area contributed by atoms with E-state index in [0.717, 1.165) is 5.56 Å². The second-order valence-corrected chi connectivity index (χ2v) is 14.0. The maximum Gasteiger partial charge on any atom is 0.243 e. The molecule has 200 valence electrons. The third kappa shape index (κ3) is 9.91. The first-order chi connectivity index (χ1) is 16.5. The molecule has 0 spiro atoms. The fraction of sp³-hybridized carbons (Fsp3) is 0.520. The lowest BCUT2D eigenvalue weighted by molar-refractivity contribution is 0.122. The van der Waals surface area contributed by atoms with Gasteiger partial charge in [-0.3, -0.25) is 0 Å². The summed E-state index contributed by atoms with van der Waals surface area (Å²) in [6.07, 6.45) is 0.159. The van der Waals surface area contributed by atoms with Crippen molar-refractivity contribution in [3.8, 4) is 0 Å². The van der Waals surface area contributed by atoms with E-state index in [1.54, 1.807) is 37.3 Å². The maximum absolute atomic E-state index is 12.7. The van der Waals surface area contributed by atoms with Crippen LogP contribution in [0.5, 0.6) is 0 Å². The van der Waals surface area contributed by atoms with E-state index < -0.39 is 32.0 Å². The van der Waals surface area contributed by atoms with Crippen LogP contribution in [0.3, 0.4) is 0 Å².